The fraction of sp³-hybridized carbons (Fsp3) is 0.300. The summed E-state index contributed by atoms with van der Waals surface area (Å²) in [6.45, 7) is 4.15. The molecule has 0 aliphatic rings. The van der Waals surface area contributed by atoms with Crippen molar-refractivity contribution < 1.29 is 9.90 Å². The van der Waals surface area contributed by atoms with Gasteiger partial charge in [-0.15, -0.1) is 11.8 Å². The molecule has 1 aromatic carbocycles. The Labute approximate surface area is 95.8 Å². The molecule has 0 saturated heterocycles. The Bertz CT molecular complexity index is 350. The predicted octanol–water partition coefficient (Wildman–Crippen LogP) is 3.65. The van der Waals surface area contributed by atoms with Gasteiger partial charge in [-0.2, -0.15) is 0 Å². The lowest BCUT2D eigenvalue weighted by atomic mass is 10.2. The smallest absolute Gasteiger partial charge is 0.335 e. The zero-order valence-corrected chi connectivity index (χ0v) is 10.4. The molecule has 0 unspecified atom stereocenters. The normalized spacial score (nSPS) is 10.6. The summed E-state index contributed by atoms with van der Waals surface area (Å²) in [5, 5.41) is 9.29. The van der Waals surface area contributed by atoms with Gasteiger partial charge in [-0.05, 0) is 18.2 Å². The van der Waals surface area contributed by atoms with Gasteiger partial charge in [-0.25, -0.2) is 4.79 Å². The molecule has 4 heteroatoms. The van der Waals surface area contributed by atoms with Crippen LogP contribution < -0.4 is 0 Å². The van der Waals surface area contributed by atoms with Crippen molar-refractivity contribution in [3.05, 3.63) is 28.2 Å². The Morgan fingerprint density at radius 2 is 2.07 bits per heavy atom. The van der Waals surface area contributed by atoms with Crippen molar-refractivity contribution >= 4 is 33.7 Å². The third-order valence-corrected chi connectivity index (χ3v) is 2.93. The highest BCUT2D eigenvalue weighted by Gasteiger charge is 2.07. The van der Waals surface area contributed by atoms with Crippen molar-refractivity contribution in [2.75, 3.05) is 0 Å². The quantitative estimate of drug-likeness (QED) is 0.855. The second-order valence-corrected chi connectivity index (χ2v) is 5.71. The minimum Gasteiger partial charge on any atom is -0.478 e. The summed E-state index contributed by atoms with van der Waals surface area (Å²) in [6, 6.07) is 5.22. The van der Waals surface area contributed by atoms with Gasteiger partial charge in [0.1, 0.15) is 0 Å². The van der Waals surface area contributed by atoms with Gasteiger partial charge in [0.25, 0.3) is 0 Å². The predicted molar refractivity (Wildman–Crippen MR) is 62.1 cm³/mol. The van der Waals surface area contributed by atoms with E-state index in [4.69, 9.17) is 5.11 Å². The first kappa shape index (κ1) is 11.6. The van der Waals surface area contributed by atoms with Crippen molar-refractivity contribution in [2.45, 2.75) is 24.0 Å². The standard InChI is InChI=1S/C10H11BrO2S/c1-6(2)14-9-4-7(10(12)13)3-8(11)5-9/h3-6H,1-2H3,(H,12,13). The number of thioether (sulfide) groups is 1. The Morgan fingerprint density at radius 3 is 2.57 bits per heavy atom. The van der Waals surface area contributed by atoms with Crippen molar-refractivity contribution in [2.24, 2.45) is 0 Å². The summed E-state index contributed by atoms with van der Waals surface area (Å²) in [7, 11) is 0. The van der Waals surface area contributed by atoms with Gasteiger partial charge in [0.15, 0.2) is 0 Å². The molecular formula is C10H11BrO2S. The fourth-order valence-corrected chi connectivity index (χ4v) is 2.61. The largest absolute Gasteiger partial charge is 0.478 e. The SMILES string of the molecule is CC(C)Sc1cc(Br)cc(C(=O)O)c1. The number of hydrogen-bond donors (Lipinski definition) is 1. The monoisotopic (exact) mass is 274 g/mol. The maximum Gasteiger partial charge on any atom is 0.335 e. The summed E-state index contributed by atoms with van der Waals surface area (Å²) >= 11 is 4.95. The maximum atomic E-state index is 10.8. The lowest BCUT2D eigenvalue weighted by Gasteiger charge is -2.06. The van der Waals surface area contributed by atoms with Crippen molar-refractivity contribution in [3.8, 4) is 0 Å². The molecule has 14 heavy (non-hydrogen) atoms. The van der Waals surface area contributed by atoms with Gasteiger partial charge in [0.2, 0.25) is 0 Å². The Morgan fingerprint density at radius 1 is 1.43 bits per heavy atom. The van der Waals surface area contributed by atoms with Crippen LogP contribution in [0.15, 0.2) is 27.6 Å². The van der Waals surface area contributed by atoms with Crippen molar-refractivity contribution in [1.82, 2.24) is 0 Å². The van der Waals surface area contributed by atoms with Gasteiger partial charge in [-0.1, -0.05) is 29.8 Å². The van der Waals surface area contributed by atoms with E-state index in [0.29, 0.717) is 10.8 Å². The molecule has 0 amide bonds. The average molecular weight is 275 g/mol. The van der Waals surface area contributed by atoms with Crippen LogP contribution in [-0.2, 0) is 0 Å². The number of hydrogen-bond acceptors (Lipinski definition) is 2. The zero-order valence-electron chi connectivity index (χ0n) is 7.95. The molecule has 1 rings (SSSR count). The van der Waals surface area contributed by atoms with Crippen LogP contribution in [0, 0.1) is 0 Å². The molecule has 0 aliphatic heterocycles. The number of carbonyl (C=O) groups is 1. The van der Waals surface area contributed by atoms with E-state index in [1.807, 2.05) is 6.07 Å². The Balaban J connectivity index is 3.01. The molecular weight excluding hydrogens is 264 g/mol. The number of aromatic carboxylic acids is 1. The lowest BCUT2D eigenvalue weighted by molar-refractivity contribution is 0.0696. The number of halogens is 1. The molecule has 0 radical (unpaired) electrons. The highest BCUT2D eigenvalue weighted by atomic mass is 79.9. The number of carboxylic acids is 1. The number of benzene rings is 1. The number of rotatable bonds is 3. The van der Waals surface area contributed by atoms with Crippen LogP contribution >= 0.6 is 27.7 Å². The molecule has 0 aliphatic carbocycles. The van der Waals surface area contributed by atoms with Crippen LogP contribution in [0.2, 0.25) is 0 Å². The van der Waals surface area contributed by atoms with Gasteiger partial charge < -0.3 is 5.11 Å². The third kappa shape index (κ3) is 3.35. The number of carboxylic acid groups (broad SMARTS) is 1. The first-order valence-corrected chi connectivity index (χ1v) is 5.87. The third-order valence-electron chi connectivity index (χ3n) is 1.49. The van der Waals surface area contributed by atoms with Gasteiger partial charge in [-0.3, -0.25) is 0 Å². The summed E-state index contributed by atoms with van der Waals surface area (Å²) in [5.74, 6) is -0.892. The Kier molecular flexibility index (Phi) is 4.01. The molecule has 0 heterocycles. The Hall–Kier alpha value is -0.480. The first-order valence-electron chi connectivity index (χ1n) is 4.19. The van der Waals surface area contributed by atoms with Crippen LogP contribution in [0.4, 0.5) is 0 Å². The van der Waals surface area contributed by atoms with Crippen LogP contribution in [-0.4, -0.2) is 16.3 Å². The van der Waals surface area contributed by atoms with Gasteiger partial charge in [0, 0.05) is 14.6 Å². The van der Waals surface area contributed by atoms with Crippen LogP contribution in [0.3, 0.4) is 0 Å². The molecule has 76 valence electrons. The second-order valence-electron chi connectivity index (χ2n) is 3.15. The molecule has 0 aromatic heterocycles. The molecule has 1 aromatic rings. The summed E-state index contributed by atoms with van der Waals surface area (Å²) in [4.78, 5) is 11.7. The maximum absolute atomic E-state index is 10.8. The molecule has 0 bridgehead atoms. The van der Waals surface area contributed by atoms with E-state index >= 15 is 0 Å². The molecule has 0 spiro atoms. The van der Waals surface area contributed by atoms with Crippen molar-refractivity contribution in [1.29, 1.82) is 0 Å². The van der Waals surface area contributed by atoms with Gasteiger partial charge >= 0.3 is 5.97 Å². The minimum atomic E-state index is -0.892. The molecule has 0 fully saturated rings. The van der Waals surface area contributed by atoms with Crippen LogP contribution in [0.1, 0.15) is 24.2 Å². The highest BCUT2D eigenvalue weighted by molar-refractivity contribution is 9.10. The van der Waals surface area contributed by atoms with E-state index in [2.05, 4.69) is 29.8 Å². The van der Waals surface area contributed by atoms with Gasteiger partial charge in [0.05, 0.1) is 5.56 Å². The van der Waals surface area contributed by atoms with E-state index in [1.54, 1.807) is 23.9 Å². The van der Waals surface area contributed by atoms with E-state index in [0.717, 1.165) is 9.37 Å². The van der Waals surface area contributed by atoms with Crippen LogP contribution in [0.5, 0.6) is 0 Å². The average Bonchev–Trinajstić information content (AvgIpc) is 2.01. The summed E-state index contributed by atoms with van der Waals surface area (Å²) in [6.07, 6.45) is 0. The summed E-state index contributed by atoms with van der Waals surface area (Å²) in [5.41, 5.74) is 0.322. The molecule has 1 N–H and O–H groups in total. The molecule has 2 nitrogen and oxygen atoms in total. The topological polar surface area (TPSA) is 37.3 Å². The fourth-order valence-electron chi connectivity index (χ4n) is 1.03. The minimum absolute atomic E-state index is 0.322. The van der Waals surface area contributed by atoms with E-state index < -0.39 is 5.97 Å². The van der Waals surface area contributed by atoms with Crippen LogP contribution in [0.25, 0.3) is 0 Å². The van der Waals surface area contributed by atoms with E-state index in [1.165, 1.54) is 0 Å². The van der Waals surface area contributed by atoms with Crippen molar-refractivity contribution in [3.63, 3.8) is 0 Å². The molecule has 0 atom stereocenters. The molecule has 0 saturated carbocycles. The lowest BCUT2D eigenvalue weighted by Crippen LogP contribution is -1.97. The zero-order chi connectivity index (χ0) is 10.7. The van der Waals surface area contributed by atoms with E-state index in [9.17, 15) is 4.79 Å². The highest BCUT2D eigenvalue weighted by Crippen LogP contribution is 2.27. The van der Waals surface area contributed by atoms with E-state index in [-0.39, 0.29) is 0 Å². The second kappa shape index (κ2) is 4.84. The summed E-state index contributed by atoms with van der Waals surface area (Å²) < 4.78 is 0.806. The first-order chi connectivity index (χ1) is 6.49.